The van der Waals surface area contributed by atoms with E-state index in [2.05, 4.69) is 23.2 Å². The van der Waals surface area contributed by atoms with Crippen molar-refractivity contribution in [3.63, 3.8) is 0 Å². The van der Waals surface area contributed by atoms with Crippen molar-refractivity contribution in [1.82, 2.24) is 10.2 Å². The van der Waals surface area contributed by atoms with Crippen LogP contribution in [0.1, 0.15) is 33.1 Å². The van der Waals surface area contributed by atoms with Gasteiger partial charge in [0.05, 0.1) is 12.0 Å². The van der Waals surface area contributed by atoms with Crippen LogP contribution in [0.25, 0.3) is 0 Å². The Morgan fingerprint density at radius 2 is 2.28 bits per heavy atom. The average molecular weight is 252 g/mol. The molecule has 0 aromatic carbocycles. The summed E-state index contributed by atoms with van der Waals surface area (Å²) in [5.41, 5.74) is 4.88. The quantitative estimate of drug-likeness (QED) is 0.745. The minimum Gasteiger partial charge on any atom is -0.369 e. The highest BCUT2D eigenvalue weighted by Crippen LogP contribution is 2.22. The Hall–Kier alpha value is -1.12. The van der Waals surface area contributed by atoms with Crippen LogP contribution >= 0.6 is 0 Å². The van der Waals surface area contributed by atoms with Crippen LogP contribution in [0.3, 0.4) is 0 Å². The smallest absolute Gasteiger partial charge is 0.221 e. The summed E-state index contributed by atoms with van der Waals surface area (Å²) in [4.78, 5) is 13.5. The van der Waals surface area contributed by atoms with Crippen LogP contribution in [0.5, 0.6) is 0 Å². The summed E-state index contributed by atoms with van der Waals surface area (Å²) in [5.74, 6) is -0.243. The van der Waals surface area contributed by atoms with Crippen LogP contribution in [0, 0.1) is 17.2 Å². The molecule has 0 spiro atoms. The lowest BCUT2D eigenvalue weighted by atomic mass is 9.91. The molecule has 18 heavy (non-hydrogen) atoms. The standard InChI is InChI=1S/C13H24N4O/c1-10-4-5-11(12(15)18)8-17(10)7-6-13(2,9-14)16-3/h10-11,16H,4-8H2,1-3H3,(H2,15,18). The number of nitriles is 1. The monoisotopic (exact) mass is 252 g/mol. The number of carbonyl (C=O) groups excluding carboxylic acids is 1. The molecule has 1 fully saturated rings. The summed E-state index contributed by atoms with van der Waals surface area (Å²) in [7, 11) is 1.80. The van der Waals surface area contributed by atoms with E-state index in [1.807, 2.05) is 6.92 Å². The molecule has 3 atom stereocenters. The van der Waals surface area contributed by atoms with E-state index in [1.165, 1.54) is 0 Å². The SMILES string of the molecule is CNC(C)(C#N)CCN1CC(C(N)=O)CCC1C. The van der Waals surface area contributed by atoms with Crippen LogP contribution in [-0.4, -0.2) is 42.5 Å². The predicted molar refractivity (Wildman–Crippen MR) is 70.6 cm³/mol. The average Bonchev–Trinajstić information content (AvgIpc) is 2.37. The minimum atomic E-state index is -0.501. The molecule has 0 saturated carbocycles. The van der Waals surface area contributed by atoms with Gasteiger partial charge in [-0.15, -0.1) is 0 Å². The van der Waals surface area contributed by atoms with Crippen molar-refractivity contribution in [1.29, 1.82) is 5.26 Å². The van der Waals surface area contributed by atoms with Crippen LogP contribution in [-0.2, 0) is 4.79 Å². The van der Waals surface area contributed by atoms with Crippen LogP contribution in [0.2, 0.25) is 0 Å². The molecule has 0 bridgehead atoms. The predicted octanol–water partition coefficient (Wildman–Crippen LogP) is 0.464. The molecule has 1 aliphatic rings. The maximum absolute atomic E-state index is 11.3. The second-order valence-corrected chi connectivity index (χ2v) is 5.46. The van der Waals surface area contributed by atoms with Gasteiger partial charge >= 0.3 is 0 Å². The number of amides is 1. The molecule has 1 amide bonds. The summed E-state index contributed by atoms with van der Waals surface area (Å²) >= 11 is 0. The first kappa shape index (κ1) is 14.9. The van der Waals surface area contributed by atoms with Gasteiger partial charge in [-0.05, 0) is 40.2 Å². The molecular formula is C13H24N4O. The van der Waals surface area contributed by atoms with Gasteiger partial charge in [-0.3, -0.25) is 9.69 Å². The fraction of sp³-hybridized carbons (Fsp3) is 0.846. The normalized spacial score (nSPS) is 28.3. The lowest BCUT2D eigenvalue weighted by Crippen LogP contribution is -2.49. The van der Waals surface area contributed by atoms with Crippen molar-refractivity contribution < 1.29 is 4.79 Å². The number of nitrogens with two attached hydrogens (primary N) is 1. The van der Waals surface area contributed by atoms with Gasteiger partial charge in [0.1, 0.15) is 5.54 Å². The van der Waals surface area contributed by atoms with E-state index < -0.39 is 5.54 Å². The maximum Gasteiger partial charge on any atom is 0.221 e. The lowest BCUT2D eigenvalue weighted by Gasteiger charge is -2.38. The molecule has 5 nitrogen and oxygen atoms in total. The second-order valence-electron chi connectivity index (χ2n) is 5.46. The van der Waals surface area contributed by atoms with E-state index in [0.29, 0.717) is 6.04 Å². The molecule has 1 saturated heterocycles. The van der Waals surface area contributed by atoms with Gasteiger partial charge in [0.15, 0.2) is 0 Å². The molecule has 1 aliphatic heterocycles. The summed E-state index contributed by atoms with van der Waals surface area (Å²) in [6, 6.07) is 2.75. The topological polar surface area (TPSA) is 82.2 Å². The molecule has 5 heteroatoms. The third-order valence-corrected chi connectivity index (χ3v) is 4.11. The molecule has 102 valence electrons. The van der Waals surface area contributed by atoms with Crippen molar-refractivity contribution >= 4 is 5.91 Å². The summed E-state index contributed by atoms with van der Waals surface area (Å²) in [6.07, 6.45) is 2.63. The number of nitrogens with zero attached hydrogens (tertiary/aromatic N) is 2. The van der Waals surface area contributed by atoms with E-state index in [9.17, 15) is 4.79 Å². The van der Waals surface area contributed by atoms with Crippen LogP contribution in [0.15, 0.2) is 0 Å². The lowest BCUT2D eigenvalue weighted by molar-refractivity contribution is -0.124. The molecule has 1 heterocycles. The molecule has 3 N–H and O–H groups in total. The zero-order valence-electron chi connectivity index (χ0n) is 11.6. The number of nitrogens with one attached hydrogen (secondary N) is 1. The Morgan fingerprint density at radius 3 is 2.78 bits per heavy atom. The first-order valence-corrected chi connectivity index (χ1v) is 6.55. The minimum absolute atomic E-state index is 0.0378. The van der Waals surface area contributed by atoms with Crippen molar-refractivity contribution in [2.75, 3.05) is 20.1 Å². The van der Waals surface area contributed by atoms with Gasteiger partial charge in [-0.2, -0.15) is 5.26 Å². The molecule has 0 aromatic rings. The summed E-state index contributed by atoms with van der Waals surface area (Å²) in [6.45, 7) is 5.60. The third kappa shape index (κ3) is 3.69. The number of carbonyl (C=O) groups is 1. The first-order chi connectivity index (χ1) is 8.41. The zero-order valence-corrected chi connectivity index (χ0v) is 11.6. The molecule has 0 aromatic heterocycles. The second kappa shape index (κ2) is 6.17. The number of likely N-dealkylation sites (tertiary alicyclic amines) is 1. The van der Waals surface area contributed by atoms with E-state index in [-0.39, 0.29) is 11.8 Å². The number of rotatable bonds is 5. The van der Waals surface area contributed by atoms with E-state index in [0.717, 1.165) is 32.4 Å². The first-order valence-electron chi connectivity index (χ1n) is 6.55. The fourth-order valence-corrected chi connectivity index (χ4v) is 2.33. The molecule has 0 aliphatic carbocycles. The van der Waals surface area contributed by atoms with Crippen molar-refractivity contribution in [2.45, 2.75) is 44.7 Å². The van der Waals surface area contributed by atoms with Gasteiger partial charge in [0, 0.05) is 19.1 Å². The number of piperidine rings is 1. The highest BCUT2D eigenvalue weighted by atomic mass is 16.1. The van der Waals surface area contributed by atoms with Crippen LogP contribution < -0.4 is 11.1 Å². The molecular weight excluding hydrogens is 228 g/mol. The largest absolute Gasteiger partial charge is 0.369 e. The van der Waals surface area contributed by atoms with Crippen LogP contribution in [0.4, 0.5) is 0 Å². The van der Waals surface area contributed by atoms with E-state index in [1.54, 1.807) is 7.05 Å². The fourth-order valence-electron chi connectivity index (χ4n) is 2.33. The highest BCUT2D eigenvalue weighted by Gasteiger charge is 2.30. The Bertz CT molecular complexity index is 338. The molecule has 3 unspecified atom stereocenters. The Labute approximate surface area is 109 Å². The van der Waals surface area contributed by atoms with Crippen molar-refractivity contribution in [3.05, 3.63) is 0 Å². The Balaban J connectivity index is 2.54. The highest BCUT2D eigenvalue weighted by molar-refractivity contribution is 5.76. The van der Waals surface area contributed by atoms with E-state index in [4.69, 9.17) is 11.0 Å². The number of primary amides is 1. The molecule has 0 radical (unpaired) electrons. The number of hydrogen-bond donors (Lipinski definition) is 2. The van der Waals surface area contributed by atoms with Crippen molar-refractivity contribution in [3.8, 4) is 6.07 Å². The Kier molecular flexibility index (Phi) is 5.12. The zero-order chi connectivity index (χ0) is 13.8. The third-order valence-electron chi connectivity index (χ3n) is 4.11. The summed E-state index contributed by atoms with van der Waals surface area (Å²) < 4.78 is 0. The number of hydrogen-bond acceptors (Lipinski definition) is 4. The van der Waals surface area contributed by atoms with Gasteiger partial charge in [-0.25, -0.2) is 0 Å². The van der Waals surface area contributed by atoms with Gasteiger partial charge in [0.25, 0.3) is 0 Å². The van der Waals surface area contributed by atoms with E-state index >= 15 is 0 Å². The Morgan fingerprint density at radius 1 is 1.61 bits per heavy atom. The van der Waals surface area contributed by atoms with Gasteiger partial charge < -0.3 is 11.1 Å². The molecule has 1 rings (SSSR count). The van der Waals surface area contributed by atoms with Gasteiger partial charge in [-0.1, -0.05) is 0 Å². The van der Waals surface area contributed by atoms with Gasteiger partial charge in [0.2, 0.25) is 5.91 Å². The van der Waals surface area contributed by atoms with Crippen molar-refractivity contribution in [2.24, 2.45) is 11.7 Å². The maximum atomic E-state index is 11.3. The summed E-state index contributed by atoms with van der Waals surface area (Å²) in [5, 5.41) is 12.2.